The van der Waals surface area contributed by atoms with E-state index in [1.165, 1.54) is 34.6 Å². The lowest BCUT2D eigenvalue weighted by atomic mass is 9.80. The Kier molecular flexibility index (Phi) is 7.67. The highest BCUT2D eigenvalue weighted by Crippen LogP contribution is 2.42. The molecule has 0 fully saturated rings. The van der Waals surface area contributed by atoms with Crippen LogP contribution in [0.2, 0.25) is 0 Å². The fraction of sp³-hybridized carbons (Fsp3) is 0.360. The maximum absolute atomic E-state index is 13.0. The molecule has 0 aliphatic rings. The van der Waals surface area contributed by atoms with Crippen LogP contribution in [-0.2, 0) is 12.6 Å². The monoisotopic (exact) mass is 492 g/mol. The number of hydrogen-bond donors (Lipinski definition) is 2. The zero-order valence-corrected chi connectivity index (χ0v) is 19.8. The number of carboxylic acid groups (broad SMARTS) is 1. The number of thiazole rings is 1. The molecule has 2 N–H and O–H groups in total. The van der Waals surface area contributed by atoms with E-state index in [4.69, 9.17) is 0 Å². The lowest BCUT2D eigenvalue weighted by Crippen LogP contribution is -2.50. The van der Waals surface area contributed by atoms with Crippen LogP contribution in [0.1, 0.15) is 54.6 Å². The van der Waals surface area contributed by atoms with Crippen molar-refractivity contribution in [1.82, 2.24) is 9.88 Å². The van der Waals surface area contributed by atoms with Gasteiger partial charge in [0.15, 0.2) is 0 Å². The molecule has 9 heteroatoms. The van der Waals surface area contributed by atoms with E-state index in [1.807, 2.05) is 51.1 Å². The van der Waals surface area contributed by atoms with Crippen LogP contribution in [0.15, 0.2) is 66.2 Å². The van der Waals surface area contributed by atoms with Gasteiger partial charge in [-0.15, -0.1) is 11.3 Å². The molecule has 5 nitrogen and oxygen atoms in total. The molecule has 0 spiro atoms. The van der Waals surface area contributed by atoms with E-state index in [-0.39, 0.29) is 6.42 Å². The van der Waals surface area contributed by atoms with Crippen LogP contribution in [0.5, 0.6) is 0 Å². The van der Waals surface area contributed by atoms with Crippen LogP contribution >= 0.6 is 11.3 Å². The van der Waals surface area contributed by atoms with Crippen LogP contribution in [0.4, 0.5) is 18.0 Å². The van der Waals surface area contributed by atoms with Gasteiger partial charge in [0.2, 0.25) is 0 Å². The Labute approximate surface area is 200 Å². The molecule has 1 heterocycles. The summed E-state index contributed by atoms with van der Waals surface area (Å²) in [6.07, 6.45) is -5.47. The van der Waals surface area contributed by atoms with Crippen molar-refractivity contribution in [2.24, 2.45) is 5.41 Å². The summed E-state index contributed by atoms with van der Waals surface area (Å²) in [5, 5.41) is 23.6. The predicted molar refractivity (Wildman–Crippen MR) is 125 cm³/mol. The molecule has 3 rings (SSSR count). The van der Waals surface area contributed by atoms with Gasteiger partial charge < -0.3 is 10.2 Å². The number of amides is 1. The minimum atomic E-state index is -4.48. The normalized spacial score (nSPS) is 14.9. The summed E-state index contributed by atoms with van der Waals surface area (Å²) in [7, 11) is 0. The molecular weight excluding hydrogens is 465 g/mol. The largest absolute Gasteiger partial charge is 0.465 e. The quantitative estimate of drug-likeness (QED) is 0.391. The molecule has 3 atom stereocenters. The molecule has 0 radical (unpaired) electrons. The minimum Gasteiger partial charge on any atom is -0.465 e. The molecule has 3 aromatic rings. The van der Waals surface area contributed by atoms with Crippen molar-refractivity contribution in [2.75, 3.05) is 0 Å². The average molecular weight is 493 g/mol. The fourth-order valence-corrected chi connectivity index (χ4v) is 4.81. The van der Waals surface area contributed by atoms with Gasteiger partial charge >= 0.3 is 12.3 Å². The minimum absolute atomic E-state index is 0.00456. The van der Waals surface area contributed by atoms with E-state index < -0.39 is 41.4 Å². The SMILES string of the molecule is CC(C)(C)C(c1ccccc1)N(C(=O)O)[C@@H](Cc1ccc(C(F)(F)F)cc1)[C@H](O)c1nccs1. The molecule has 34 heavy (non-hydrogen) atoms. The lowest BCUT2D eigenvalue weighted by molar-refractivity contribution is -0.137. The Balaban J connectivity index is 2.09. The average Bonchev–Trinajstić information content (AvgIpc) is 3.30. The van der Waals surface area contributed by atoms with Crippen LogP contribution in [0, 0.1) is 5.41 Å². The van der Waals surface area contributed by atoms with Crippen molar-refractivity contribution in [3.63, 3.8) is 0 Å². The molecule has 0 aliphatic heterocycles. The number of halogens is 3. The molecule has 1 unspecified atom stereocenters. The van der Waals surface area contributed by atoms with E-state index in [0.717, 1.165) is 17.7 Å². The van der Waals surface area contributed by atoms with Gasteiger partial charge in [-0.2, -0.15) is 13.2 Å². The molecule has 0 bridgehead atoms. The highest BCUT2D eigenvalue weighted by Gasteiger charge is 2.42. The number of rotatable bonds is 7. The van der Waals surface area contributed by atoms with Gasteiger partial charge in [-0.05, 0) is 35.1 Å². The van der Waals surface area contributed by atoms with Gasteiger partial charge in [0.1, 0.15) is 11.1 Å². The second-order valence-corrected chi connectivity index (χ2v) is 10.1. The topological polar surface area (TPSA) is 73.7 Å². The molecule has 182 valence electrons. The lowest BCUT2D eigenvalue weighted by Gasteiger charge is -2.44. The standard InChI is InChI=1S/C25H27F3N2O3S/c1-24(2,3)21(17-7-5-4-6-8-17)30(23(32)33)19(20(31)22-29-13-14-34-22)15-16-9-11-18(12-10-16)25(26,27)28/h4-14,19-21,31H,15H2,1-3H3,(H,32,33)/t19-,20-,21?/m0/s1. The molecule has 0 saturated carbocycles. The van der Waals surface area contributed by atoms with Crippen LogP contribution in [-0.4, -0.2) is 32.2 Å². The second kappa shape index (κ2) is 10.1. The van der Waals surface area contributed by atoms with E-state index >= 15 is 0 Å². The maximum Gasteiger partial charge on any atom is 0.416 e. The van der Waals surface area contributed by atoms with Gasteiger partial charge in [-0.3, -0.25) is 4.90 Å². The van der Waals surface area contributed by atoms with Crippen molar-refractivity contribution in [3.8, 4) is 0 Å². The van der Waals surface area contributed by atoms with Crippen LogP contribution in [0.3, 0.4) is 0 Å². The van der Waals surface area contributed by atoms with Gasteiger partial charge in [0, 0.05) is 11.6 Å². The Hall–Kier alpha value is -2.91. The fourth-order valence-electron chi connectivity index (χ4n) is 4.14. The summed E-state index contributed by atoms with van der Waals surface area (Å²) in [5.41, 5.74) is -0.122. The number of hydrogen-bond acceptors (Lipinski definition) is 4. The third-order valence-corrected chi connectivity index (χ3v) is 6.43. The van der Waals surface area contributed by atoms with E-state index in [9.17, 15) is 28.2 Å². The number of carbonyl (C=O) groups is 1. The van der Waals surface area contributed by atoms with Crippen molar-refractivity contribution in [2.45, 2.75) is 51.6 Å². The molecular formula is C25H27F3N2O3S. The summed E-state index contributed by atoms with van der Waals surface area (Å²) in [6.45, 7) is 5.72. The molecule has 2 aromatic carbocycles. The van der Waals surface area contributed by atoms with E-state index in [2.05, 4.69) is 4.98 Å². The molecule has 1 amide bonds. The molecule has 1 aromatic heterocycles. The number of aromatic nitrogens is 1. The Morgan fingerprint density at radius 2 is 1.68 bits per heavy atom. The number of aliphatic hydroxyl groups excluding tert-OH is 1. The number of aliphatic hydroxyl groups is 1. The first-order valence-electron chi connectivity index (χ1n) is 10.7. The Bertz CT molecular complexity index is 1070. The van der Waals surface area contributed by atoms with Crippen molar-refractivity contribution < 1.29 is 28.2 Å². The first-order valence-corrected chi connectivity index (χ1v) is 11.6. The summed E-state index contributed by atoms with van der Waals surface area (Å²) in [6, 6.07) is 12.1. The summed E-state index contributed by atoms with van der Waals surface area (Å²) >= 11 is 1.19. The second-order valence-electron chi connectivity index (χ2n) is 9.15. The predicted octanol–water partition coefficient (Wildman–Crippen LogP) is 6.57. The third-order valence-electron chi connectivity index (χ3n) is 5.59. The van der Waals surface area contributed by atoms with Crippen molar-refractivity contribution in [1.29, 1.82) is 0 Å². The first kappa shape index (κ1) is 25.7. The van der Waals surface area contributed by atoms with Gasteiger partial charge in [0.05, 0.1) is 17.6 Å². The third kappa shape index (κ3) is 5.95. The summed E-state index contributed by atoms with van der Waals surface area (Å²) in [4.78, 5) is 18.1. The summed E-state index contributed by atoms with van der Waals surface area (Å²) < 4.78 is 39.1. The smallest absolute Gasteiger partial charge is 0.416 e. The Morgan fingerprint density at radius 3 is 2.15 bits per heavy atom. The highest BCUT2D eigenvalue weighted by atomic mass is 32.1. The maximum atomic E-state index is 13.0. The number of alkyl halides is 3. The molecule has 0 saturated heterocycles. The zero-order chi connectivity index (χ0) is 25.1. The zero-order valence-electron chi connectivity index (χ0n) is 19.0. The Morgan fingerprint density at radius 1 is 1.06 bits per heavy atom. The summed E-state index contributed by atoms with van der Waals surface area (Å²) in [5.74, 6) is 0. The first-order chi connectivity index (χ1) is 15.9. The van der Waals surface area contributed by atoms with E-state index in [1.54, 1.807) is 5.38 Å². The van der Waals surface area contributed by atoms with Gasteiger partial charge in [-0.25, -0.2) is 9.78 Å². The van der Waals surface area contributed by atoms with Crippen LogP contribution in [0.25, 0.3) is 0 Å². The van der Waals surface area contributed by atoms with Crippen LogP contribution < -0.4 is 0 Å². The van der Waals surface area contributed by atoms with Crippen molar-refractivity contribution >= 4 is 17.4 Å². The molecule has 0 aliphatic carbocycles. The number of nitrogens with zero attached hydrogens (tertiary/aromatic N) is 2. The van der Waals surface area contributed by atoms with Gasteiger partial charge in [-0.1, -0.05) is 63.2 Å². The number of benzene rings is 2. The highest BCUT2D eigenvalue weighted by molar-refractivity contribution is 7.09. The van der Waals surface area contributed by atoms with E-state index in [0.29, 0.717) is 10.6 Å². The van der Waals surface area contributed by atoms with Crippen molar-refractivity contribution in [3.05, 3.63) is 87.9 Å². The van der Waals surface area contributed by atoms with Gasteiger partial charge in [0.25, 0.3) is 0 Å².